The Morgan fingerprint density at radius 1 is 1.00 bits per heavy atom. The van der Waals surface area contributed by atoms with Gasteiger partial charge in [0.2, 0.25) is 0 Å². The molecule has 10 heteroatoms. The van der Waals surface area contributed by atoms with E-state index in [9.17, 15) is 19.7 Å². The molecule has 0 spiro atoms. The fraction of sp³-hybridized carbons (Fsp3) is 0. The Bertz CT molecular complexity index is 1220. The van der Waals surface area contributed by atoms with Crippen LogP contribution in [0.3, 0.4) is 0 Å². The highest BCUT2D eigenvalue weighted by Gasteiger charge is 2.34. The van der Waals surface area contributed by atoms with Crippen LogP contribution in [-0.4, -0.2) is 21.9 Å². The molecular weight excluding hydrogens is 438 g/mol. The van der Waals surface area contributed by atoms with Gasteiger partial charge in [-0.1, -0.05) is 29.5 Å². The normalized spacial score (nSPS) is 15.2. The van der Waals surface area contributed by atoms with E-state index in [1.54, 1.807) is 24.3 Å². The number of rotatable bonds is 5. The minimum Gasteiger partial charge on any atom is -0.457 e. The maximum Gasteiger partial charge on any atom is 0.324 e. The van der Waals surface area contributed by atoms with Crippen LogP contribution in [0.2, 0.25) is 0 Å². The number of nitro groups is 1. The molecule has 2 amide bonds. The Balaban J connectivity index is 1.59. The van der Waals surface area contributed by atoms with Gasteiger partial charge in [0.15, 0.2) is 5.11 Å². The number of nitrogens with zero attached hydrogens (tertiary/aromatic N) is 2. The Labute approximate surface area is 185 Å². The average molecular weight is 451 g/mol. The molecular formula is C21H13N3O5S2. The highest BCUT2D eigenvalue weighted by atomic mass is 32.1. The molecule has 1 aliphatic rings. The lowest BCUT2D eigenvalue weighted by Gasteiger charge is -2.28. The van der Waals surface area contributed by atoms with Crippen molar-refractivity contribution in [2.24, 2.45) is 0 Å². The Kier molecular flexibility index (Phi) is 5.56. The third-order valence-electron chi connectivity index (χ3n) is 4.25. The average Bonchev–Trinajstić information content (AvgIpc) is 3.22. The van der Waals surface area contributed by atoms with Crippen LogP contribution in [0.15, 0.2) is 72.3 Å². The molecule has 154 valence electrons. The first-order chi connectivity index (χ1) is 14.9. The molecule has 0 aliphatic carbocycles. The van der Waals surface area contributed by atoms with Crippen molar-refractivity contribution >= 4 is 57.2 Å². The molecule has 4 rings (SSSR count). The van der Waals surface area contributed by atoms with E-state index in [1.165, 1.54) is 23.1 Å². The van der Waals surface area contributed by atoms with Gasteiger partial charge >= 0.3 is 5.00 Å². The van der Waals surface area contributed by atoms with E-state index in [0.29, 0.717) is 22.1 Å². The summed E-state index contributed by atoms with van der Waals surface area (Å²) in [5.74, 6) is -0.0498. The van der Waals surface area contributed by atoms with Gasteiger partial charge in [0.05, 0.1) is 10.6 Å². The summed E-state index contributed by atoms with van der Waals surface area (Å²) in [6.07, 6.45) is 1.32. The summed E-state index contributed by atoms with van der Waals surface area (Å²) in [5.41, 5.74) is 0.272. The van der Waals surface area contributed by atoms with E-state index in [4.69, 9.17) is 17.0 Å². The summed E-state index contributed by atoms with van der Waals surface area (Å²) >= 11 is 6.05. The van der Waals surface area contributed by atoms with E-state index in [-0.39, 0.29) is 15.7 Å². The molecule has 8 nitrogen and oxygen atoms in total. The first-order valence-electron chi connectivity index (χ1n) is 8.91. The molecule has 1 N–H and O–H groups in total. The second-order valence-corrected chi connectivity index (χ2v) is 7.78. The van der Waals surface area contributed by atoms with Gasteiger partial charge in [-0.3, -0.25) is 29.9 Å². The maximum absolute atomic E-state index is 13.0. The van der Waals surface area contributed by atoms with Crippen LogP contribution in [0.4, 0.5) is 10.7 Å². The number of thiocarbonyl (C=S) groups is 1. The highest BCUT2D eigenvalue weighted by molar-refractivity contribution is 7.80. The van der Waals surface area contributed by atoms with E-state index >= 15 is 0 Å². The number of hydrogen-bond donors (Lipinski definition) is 1. The standard InChI is InChI=1S/C21H13N3O5S2/c25-19-17(12-16-10-11-18(31-16)24(27)28)20(26)23(21(30)22-19)13-6-8-15(9-7-13)29-14-4-2-1-3-5-14/h1-12H,(H,22,25,30)/b17-12+. The fourth-order valence-corrected chi connectivity index (χ4v) is 3.89. The van der Waals surface area contributed by atoms with Crippen molar-refractivity contribution in [3.63, 3.8) is 0 Å². The summed E-state index contributed by atoms with van der Waals surface area (Å²) < 4.78 is 5.74. The number of amides is 2. The van der Waals surface area contributed by atoms with Gasteiger partial charge in [-0.2, -0.15) is 0 Å². The van der Waals surface area contributed by atoms with Gasteiger partial charge in [-0.25, -0.2) is 0 Å². The lowest BCUT2D eigenvalue weighted by atomic mass is 10.1. The van der Waals surface area contributed by atoms with Crippen LogP contribution in [0.25, 0.3) is 6.08 Å². The zero-order chi connectivity index (χ0) is 22.0. The van der Waals surface area contributed by atoms with E-state index in [2.05, 4.69) is 5.32 Å². The van der Waals surface area contributed by atoms with Crippen LogP contribution in [-0.2, 0) is 9.59 Å². The van der Waals surface area contributed by atoms with Crippen molar-refractivity contribution in [1.82, 2.24) is 5.32 Å². The molecule has 2 aromatic carbocycles. The Morgan fingerprint density at radius 3 is 2.32 bits per heavy atom. The van der Waals surface area contributed by atoms with E-state index in [1.807, 2.05) is 30.3 Å². The summed E-state index contributed by atoms with van der Waals surface area (Å²) in [5, 5.41) is 13.2. The summed E-state index contributed by atoms with van der Waals surface area (Å²) in [6, 6.07) is 18.7. The second-order valence-electron chi connectivity index (χ2n) is 6.30. The fourth-order valence-electron chi connectivity index (χ4n) is 2.84. The molecule has 3 aromatic rings. The second kappa shape index (κ2) is 8.46. The summed E-state index contributed by atoms with van der Waals surface area (Å²) in [7, 11) is 0. The van der Waals surface area contributed by atoms with Gasteiger partial charge < -0.3 is 4.74 Å². The van der Waals surface area contributed by atoms with E-state index < -0.39 is 16.7 Å². The molecule has 0 saturated carbocycles. The number of benzene rings is 2. The first-order valence-corrected chi connectivity index (χ1v) is 10.1. The van der Waals surface area contributed by atoms with E-state index in [0.717, 1.165) is 11.3 Å². The maximum atomic E-state index is 13.0. The molecule has 1 aromatic heterocycles. The topological polar surface area (TPSA) is 102 Å². The molecule has 31 heavy (non-hydrogen) atoms. The number of hydrogen-bond acceptors (Lipinski definition) is 7. The summed E-state index contributed by atoms with van der Waals surface area (Å²) in [4.78, 5) is 37.3. The molecule has 2 heterocycles. The number of anilines is 1. The van der Waals surface area contributed by atoms with Crippen molar-refractivity contribution in [2.45, 2.75) is 0 Å². The lowest BCUT2D eigenvalue weighted by molar-refractivity contribution is -0.380. The first kappa shape index (κ1) is 20.4. The third kappa shape index (κ3) is 4.34. The Hall–Kier alpha value is -3.89. The molecule has 0 bridgehead atoms. The quantitative estimate of drug-likeness (QED) is 0.204. The van der Waals surface area contributed by atoms with Gasteiger partial charge in [-0.05, 0) is 60.8 Å². The number of nitrogens with one attached hydrogen (secondary N) is 1. The number of carbonyl (C=O) groups excluding carboxylic acids is 2. The molecule has 1 saturated heterocycles. The van der Waals surface area contributed by atoms with Crippen molar-refractivity contribution in [2.75, 3.05) is 4.90 Å². The van der Waals surface area contributed by atoms with Crippen LogP contribution in [0.5, 0.6) is 11.5 Å². The molecule has 0 radical (unpaired) electrons. The van der Waals surface area contributed by atoms with Crippen molar-refractivity contribution < 1.29 is 19.2 Å². The zero-order valence-electron chi connectivity index (χ0n) is 15.7. The monoisotopic (exact) mass is 451 g/mol. The number of ether oxygens (including phenoxy) is 1. The largest absolute Gasteiger partial charge is 0.457 e. The van der Waals surface area contributed by atoms with Crippen LogP contribution >= 0.6 is 23.6 Å². The van der Waals surface area contributed by atoms with Crippen molar-refractivity contribution in [3.05, 3.63) is 87.3 Å². The number of thiophene rings is 1. The summed E-state index contributed by atoms with van der Waals surface area (Å²) in [6.45, 7) is 0. The number of para-hydroxylation sites is 1. The zero-order valence-corrected chi connectivity index (χ0v) is 17.3. The predicted molar refractivity (Wildman–Crippen MR) is 120 cm³/mol. The van der Waals surface area contributed by atoms with Crippen LogP contribution in [0.1, 0.15) is 4.88 Å². The van der Waals surface area contributed by atoms with Crippen LogP contribution in [0, 0.1) is 10.1 Å². The van der Waals surface area contributed by atoms with Crippen molar-refractivity contribution in [1.29, 1.82) is 0 Å². The predicted octanol–water partition coefficient (Wildman–Crippen LogP) is 4.28. The van der Waals surface area contributed by atoms with Crippen LogP contribution < -0.4 is 15.0 Å². The minimum atomic E-state index is -0.661. The molecule has 0 atom stereocenters. The Morgan fingerprint density at radius 2 is 1.68 bits per heavy atom. The van der Waals surface area contributed by atoms with Gasteiger partial charge in [0.1, 0.15) is 17.1 Å². The van der Waals surface area contributed by atoms with Crippen molar-refractivity contribution in [3.8, 4) is 11.5 Å². The molecule has 1 fully saturated rings. The van der Waals surface area contributed by atoms with Gasteiger partial charge in [0.25, 0.3) is 11.8 Å². The molecule has 0 unspecified atom stereocenters. The number of carbonyl (C=O) groups is 2. The highest BCUT2D eigenvalue weighted by Crippen LogP contribution is 2.29. The van der Waals surface area contributed by atoms with Gasteiger partial charge in [-0.15, -0.1) is 0 Å². The lowest BCUT2D eigenvalue weighted by Crippen LogP contribution is -2.54. The smallest absolute Gasteiger partial charge is 0.324 e. The minimum absolute atomic E-state index is 0.0546. The van der Waals surface area contributed by atoms with Gasteiger partial charge in [0, 0.05) is 10.9 Å². The SMILES string of the molecule is O=C1NC(=S)N(c2ccc(Oc3ccccc3)cc2)C(=O)/C1=C/c1ccc([N+](=O)[O-])s1. The third-order valence-corrected chi connectivity index (χ3v) is 5.52. The molecule has 1 aliphatic heterocycles.